The number of nitro groups is 1. The van der Waals surface area contributed by atoms with Crippen LogP contribution in [0.3, 0.4) is 0 Å². The molecule has 1 aromatic rings. The fraction of sp³-hybridized carbons (Fsp3) is 0.533. The molecule has 0 aromatic heterocycles. The number of unbranched alkanes of at least 4 members (excludes halogenated alkanes) is 3. The van der Waals surface area contributed by atoms with Crippen LogP contribution in [0.5, 0.6) is 0 Å². The summed E-state index contributed by atoms with van der Waals surface area (Å²) in [6.45, 7) is 4.97. The molecule has 5 heteroatoms. The molecule has 0 saturated carbocycles. The van der Waals surface area contributed by atoms with Crippen LogP contribution in [-0.2, 0) is 11.3 Å². The van der Waals surface area contributed by atoms with E-state index in [1.54, 1.807) is 24.0 Å². The number of nitro benzene ring substituents is 1. The molecule has 0 saturated heterocycles. The summed E-state index contributed by atoms with van der Waals surface area (Å²) in [5, 5.41) is 10.6. The van der Waals surface area contributed by atoms with Gasteiger partial charge in [-0.1, -0.05) is 38.3 Å². The highest BCUT2D eigenvalue weighted by Gasteiger charge is 2.10. The molecule has 0 aliphatic rings. The fourth-order valence-electron chi connectivity index (χ4n) is 2.02. The molecular formula is C15H22N2O3. The maximum absolute atomic E-state index is 11.6. The number of carbonyl (C=O) groups is 1. The zero-order valence-corrected chi connectivity index (χ0v) is 12.2. The minimum Gasteiger partial charge on any atom is -0.339 e. The third-order valence-corrected chi connectivity index (χ3v) is 3.25. The molecular weight excluding hydrogens is 256 g/mol. The Balaban J connectivity index is 2.56. The van der Waals surface area contributed by atoms with Crippen molar-refractivity contribution in [2.45, 2.75) is 46.1 Å². The molecule has 0 heterocycles. The number of amides is 1. The van der Waals surface area contributed by atoms with Crippen molar-refractivity contribution >= 4 is 11.6 Å². The van der Waals surface area contributed by atoms with Crippen LogP contribution in [0.25, 0.3) is 0 Å². The Hall–Kier alpha value is -1.91. The molecule has 1 rings (SSSR count). The van der Waals surface area contributed by atoms with Crippen LogP contribution in [-0.4, -0.2) is 22.3 Å². The Bertz CT molecular complexity index is 443. The predicted molar refractivity (Wildman–Crippen MR) is 78.3 cm³/mol. The van der Waals surface area contributed by atoms with Gasteiger partial charge in [-0.3, -0.25) is 14.9 Å². The fourth-order valence-corrected chi connectivity index (χ4v) is 2.02. The smallest absolute Gasteiger partial charge is 0.269 e. The molecule has 0 unspecified atom stereocenters. The Morgan fingerprint density at radius 2 is 1.85 bits per heavy atom. The zero-order valence-electron chi connectivity index (χ0n) is 12.2. The molecule has 0 atom stereocenters. The maximum Gasteiger partial charge on any atom is 0.269 e. The lowest BCUT2D eigenvalue weighted by atomic mass is 10.1. The lowest BCUT2D eigenvalue weighted by molar-refractivity contribution is -0.384. The van der Waals surface area contributed by atoms with Crippen LogP contribution in [0, 0.1) is 10.1 Å². The molecule has 0 aliphatic carbocycles. The molecule has 1 amide bonds. The van der Waals surface area contributed by atoms with Crippen molar-refractivity contribution in [2.75, 3.05) is 6.54 Å². The molecule has 110 valence electrons. The number of hydrogen-bond donors (Lipinski definition) is 0. The highest BCUT2D eigenvalue weighted by atomic mass is 16.6. The van der Waals surface area contributed by atoms with E-state index in [1.165, 1.54) is 25.0 Å². The molecule has 0 radical (unpaired) electrons. The van der Waals surface area contributed by atoms with E-state index in [0.29, 0.717) is 6.54 Å². The van der Waals surface area contributed by atoms with E-state index < -0.39 is 4.92 Å². The second-order valence-electron chi connectivity index (χ2n) is 4.92. The summed E-state index contributed by atoms with van der Waals surface area (Å²) in [5.41, 5.74) is 0.993. The minimum absolute atomic E-state index is 0.0415. The van der Waals surface area contributed by atoms with E-state index in [9.17, 15) is 14.9 Å². The molecule has 0 bridgehead atoms. The van der Waals surface area contributed by atoms with Gasteiger partial charge in [0.1, 0.15) is 0 Å². The van der Waals surface area contributed by atoms with Gasteiger partial charge < -0.3 is 4.90 Å². The Morgan fingerprint density at radius 1 is 1.20 bits per heavy atom. The number of carbonyl (C=O) groups excluding carboxylic acids is 1. The highest BCUT2D eigenvalue weighted by molar-refractivity contribution is 5.73. The van der Waals surface area contributed by atoms with Crippen LogP contribution in [0.2, 0.25) is 0 Å². The summed E-state index contributed by atoms with van der Waals surface area (Å²) in [4.78, 5) is 23.6. The molecule has 0 fully saturated rings. The zero-order chi connectivity index (χ0) is 15.0. The normalized spacial score (nSPS) is 10.3. The third kappa shape index (κ3) is 5.38. The van der Waals surface area contributed by atoms with E-state index in [1.807, 2.05) is 0 Å². The highest BCUT2D eigenvalue weighted by Crippen LogP contribution is 2.14. The Kier molecular flexibility index (Phi) is 6.70. The maximum atomic E-state index is 11.6. The van der Waals surface area contributed by atoms with Crippen molar-refractivity contribution in [1.82, 2.24) is 4.90 Å². The first-order chi connectivity index (χ1) is 9.54. The van der Waals surface area contributed by atoms with Crippen LogP contribution < -0.4 is 0 Å². The van der Waals surface area contributed by atoms with Gasteiger partial charge in [0, 0.05) is 32.1 Å². The van der Waals surface area contributed by atoms with Crippen molar-refractivity contribution < 1.29 is 9.72 Å². The second kappa shape index (κ2) is 8.30. The van der Waals surface area contributed by atoms with Gasteiger partial charge in [0.2, 0.25) is 5.91 Å². The lowest BCUT2D eigenvalue weighted by Crippen LogP contribution is -2.29. The van der Waals surface area contributed by atoms with Crippen molar-refractivity contribution in [2.24, 2.45) is 0 Å². The topological polar surface area (TPSA) is 63.4 Å². The first-order valence-electron chi connectivity index (χ1n) is 7.03. The quantitative estimate of drug-likeness (QED) is 0.415. The summed E-state index contributed by atoms with van der Waals surface area (Å²) in [7, 11) is 0. The SMILES string of the molecule is CCCCCCN(Cc1ccc([N+](=O)[O-])cc1)C(C)=O. The van der Waals surface area contributed by atoms with E-state index in [4.69, 9.17) is 0 Å². The summed E-state index contributed by atoms with van der Waals surface area (Å²) < 4.78 is 0. The summed E-state index contributed by atoms with van der Waals surface area (Å²) in [5.74, 6) is 0.0415. The Labute approximate surface area is 119 Å². The van der Waals surface area contributed by atoms with Gasteiger partial charge in [-0.25, -0.2) is 0 Å². The molecule has 1 aromatic carbocycles. The first kappa shape index (κ1) is 16.1. The van der Waals surface area contributed by atoms with Gasteiger partial charge in [-0.15, -0.1) is 0 Å². The van der Waals surface area contributed by atoms with Gasteiger partial charge in [-0.05, 0) is 12.0 Å². The summed E-state index contributed by atoms with van der Waals surface area (Å²) in [6, 6.07) is 6.37. The molecule has 20 heavy (non-hydrogen) atoms. The number of benzene rings is 1. The largest absolute Gasteiger partial charge is 0.339 e. The summed E-state index contributed by atoms with van der Waals surface area (Å²) in [6.07, 6.45) is 4.48. The molecule has 0 N–H and O–H groups in total. The minimum atomic E-state index is -0.419. The van der Waals surface area contributed by atoms with E-state index in [-0.39, 0.29) is 11.6 Å². The summed E-state index contributed by atoms with van der Waals surface area (Å²) >= 11 is 0. The van der Waals surface area contributed by atoms with E-state index >= 15 is 0 Å². The Morgan fingerprint density at radius 3 is 2.35 bits per heavy atom. The van der Waals surface area contributed by atoms with Crippen LogP contribution in [0.4, 0.5) is 5.69 Å². The van der Waals surface area contributed by atoms with Gasteiger partial charge in [0.05, 0.1) is 4.92 Å². The van der Waals surface area contributed by atoms with Gasteiger partial charge in [0.15, 0.2) is 0 Å². The first-order valence-corrected chi connectivity index (χ1v) is 7.03. The second-order valence-corrected chi connectivity index (χ2v) is 4.92. The molecule has 0 aliphatic heterocycles. The lowest BCUT2D eigenvalue weighted by Gasteiger charge is -2.21. The number of non-ortho nitro benzene ring substituents is 1. The van der Waals surface area contributed by atoms with E-state index in [0.717, 1.165) is 24.9 Å². The number of rotatable bonds is 8. The standard InChI is InChI=1S/C15H22N2O3/c1-3-4-5-6-11-16(13(2)18)12-14-7-9-15(10-8-14)17(19)20/h7-10H,3-6,11-12H2,1-2H3. The van der Waals surface area contributed by atoms with Gasteiger partial charge >= 0.3 is 0 Å². The third-order valence-electron chi connectivity index (χ3n) is 3.25. The van der Waals surface area contributed by atoms with Crippen LogP contribution in [0.1, 0.15) is 45.1 Å². The molecule has 5 nitrogen and oxygen atoms in total. The van der Waals surface area contributed by atoms with Crippen LogP contribution in [0.15, 0.2) is 24.3 Å². The number of hydrogen-bond acceptors (Lipinski definition) is 3. The van der Waals surface area contributed by atoms with E-state index in [2.05, 4.69) is 6.92 Å². The molecule has 0 spiro atoms. The number of nitrogens with zero attached hydrogens (tertiary/aromatic N) is 2. The van der Waals surface area contributed by atoms with Crippen molar-refractivity contribution in [3.8, 4) is 0 Å². The average Bonchev–Trinajstić information content (AvgIpc) is 2.42. The van der Waals surface area contributed by atoms with Crippen molar-refractivity contribution in [3.05, 3.63) is 39.9 Å². The van der Waals surface area contributed by atoms with Crippen molar-refractivity contribution in [1.29, 1.82) is 0 Å². The van der Waals surface area contributed by atoms with Gasteiger partial charge in [0.25, 0.3) is 5.69 Å². The monoisotopic (exact) mass is 278 g/mol. The van der Waals surface area contributed by atoms with Gasteiger partial charge in [-0.2, -0.15) is 0 Å². The van der Waals surface area contributed by atoms with Crippen LogP contribution >= 0.6 is 0 Å². The average molecular weight is 278 g/mol. The predicted octanol–water partition coefficient (Wildman–Crippen LogP) is 3.52. The van der Waals surface area contributed by atoms with Crippen molar-refractivity contribution in [3.63, 3.8) is 0 Å².